The molecule has 0 N–H and O–H groups in total. The van der Waals surface area contributed by atoms with Gasteiger partial charge in [-0.05, 0) is 25.5 Å². The highest BCUT2D eigenvalue weighted by Gasteiger charge is 2.43. The summed E-state index contributed by atoms with van der Waals surface area (Å²) in [6.07, 6.45) is 4.11. The Morgan fingerprint density at radius 3 is 2.84 bits per heavy atom. The van der Waals surface area contributed by atoms with Crippen LogP contribution in [-0.4, -0.2) is 47.3 Å². The van der Waals surface area contributed by atoms with E-state index in [0.717, 1.165) is 43.4 Å². The summed E-state index contributed by atoms with van der Waals surface area (Å²) in [5.41, 5.74) is 3.26. The van der Waals surface area contributed by atoms with Gasteiger partial charge in [0.05, 0.1) is 19.3 Å². The molecule has 2 saturated heterocycles. The van der Waals surface area contributed by atoms with Gasteiger partial charge in [0.2, 0.25) is 0 Å². The van der Waals surface area contributed by atoms with Gasteiger partial charge >= 0.3 is 0 Å². The molecule has 4 rings (SSSR count). The van der Waals surface area contributed by atoms with Crippen molar-refractivity contribution in [2.45, 2.75) is 26.5 Å². The minimum Gasteiger partial charge on any atom is -0.493 e. The first-order chi connectivity index (χ1) is 12.2. The summed E-state index contributed by atoms with van der Waals surface area (Å²) in [6, 6.07) is 8.14. The molecule has 0 spiro atoms. The van der Waals surface area contributed by atoms with Crippen LogP contribution in [0.3, 0.4) is 0 Å². The molecule has 0 aromatic carbocycles. The Morgan fingerprint density at radius 1 is 1.24 bits per heavy atom. The average Bonchev–Trinajstić information content (AvgIpc) is 3.13. The van der Waals surface area contributed by atoms with Crippen molar-refractivity contribution in [1.82, 2.24) is 14.9 Å². The molecule has 25 heavy (non-hydrogen) atoms. The summed E-state index contributed by atoms with van der Waals surface area (Å²) in [6.45, 7) is 8.54. The number of aromatic nitrogens is 2. The van der Waals surface area contributed by atoms with Gasteiger partial charge in [-0.25, -0.2) is 0 Å². The van der Waals surface area contributed by atoms with Crippen LogP contribution >= 0.6 is 0 Å². The number of ether oxygens (including phenoxy) is 2. The zero-order valence-corrected chi connectivity index (χ0v) is 14.9. The van der Waals surface area contributed by atoms with E-state index < -0.39 is 0 Å². The van der Waals surface area contributed by atoms with E-state index in [1.54, 1.807) is 0 Å². The zero-order valence-electron chi connectivity index (χ0n) is 14.9. The predicted octanol–water partition coefficient (Wildman–Crippen LogP) is 2.62. The van der Waals surface area contributed by atoms with Crippen LogP contribution in [0, 0.1) is 25.7 Å². The summed E-state index contributed by atoms with van der Waals surface area (Å²) in [5, 5.41) is 0. The van der Waals surface area contributed by atoms with Gasteiger partial charge in [-0.1, -0.05) is 6.07 Å². The third-order valence-electron chi connectivity index (χ3n) is 5.16. The lowest BCUT2D eigenvalue weighted by Crippen LogP contribution is -2.26. The highest BCUT2D eigenvalue weighted by Crippen LogP contribution is 2.34. The average molecular weight is 339 g/mol. The van der Waals surface area contributed by atoms with Crippen LogP contribution in [0.2, 0.25) is 0 Å². The normalized spacial score (nSPS) is 25.9. The quantitative estimate of drug-likeness (QED) is 0.838. The van der Waals surface area contributed by atoms with Gasteiger partial charge in [-0.2, -0.15) is 0 Å². The predicted molar refractivity (Wildman–Crippen MR) is 95.4 cm³/mol. The number of rotatable bonds is 5. The van der Waals surface area contributed by atoms with Crippen LogP contribution in [0.4, 0.5) is 0 Å². The second kappa shape index (κ2) is 7.10. The summed E-state index contributed by atoms with van der Waals surface area (Å²) < 4.78 is 12.1. The van der Waals surface area contributed by atoms with Gasteiger partial charge < -0.3 is 9.47 Å². The monoisotopic (exact) mass is 339 g/mol. The number of nitrogens with zero attached hydrogens (tertiary/aromatic N) is 3. The Labute approximate surface area is 149 Å². The van der Waals surface area contributed by atoms with E-state index in [1.807, 2.05) is 44.4 Å². The van der Waals surface area contributed by atoms with E-state index in [-0.39, 0.29) is 0 Å². The fourth-order valence-corrected chi connectivity index (χ4v) is 4.01. The smallest absolute Gasteiger partial charge is 0.122 e. The molecule has 0 radical (unpaired) electrons. The van der Waals surface area contributed by atoms with Crippen molar-refractivity contribution in [2.75, 3.05) is 26.3 Å². The van der Waals surface area contributed by atoms with Crippen molar-refractivity contribution >= 4 is 0 Å². The Bertz CT molecular complexity index is 702. The van der Waals surface area contributed by atoms with Crippen molar-refractivity contribution in [3.8, 4) is 5.75 Å². The SMILES string of the molecule is Cc1cc(OC[C@@H]2CO[C@H]3CN(Cc4cccnc4)C[C@@H]23)cc(C)n1. The van der Waals surface area contributed by atoms with Gasteiger partial charge in [0.15, 0.2) is 0 Å². The second-order valence-electron chi connectivity index (χ2n) is 7.25. The fourth-order valence-electron chi connectivity index (χ4n) is 4.01. The van der Waals surface area contributed by atoms with Crippen LogP contribution in [0.25, 0.3) is 0 Å². The van der Waals surface area contributed by atoms with E-state index >= 15 is 0 Å². The molecule has 2 fully saturated rings. The maximum Gasteiger partial charge on any atom is 0.122 e. The third kappa shape index (κ3) is 3.83. The summed E-state index contributed by atoms with van der Waals surface area (Å²) >= 11 is 0. The zero-order chi connectivity index (χ0) is 17.2. The Balaban J connectivity index is 1.34. The highest BCUT2D eigenvalue weighted by atomic mass is 16.5. The first kappa shape index (κ1) is 16.5. The van der Waals surface area contributed by atoms with Crippen molar-refractivity contribution in [3.63, 3.8) is 0 Å². The molecule has 0 amide bonds. The number of hydrogen-bond acceptors (Lipinski definition) is 5. The van der Waals surface area contributed by atoms with E-state index in [9.17, 15) is 0 Å². The van der Waals surface area contributed by atoms with Crippen LogP contribution < -0.4 is 4.74 Å². The second-order valence-corrected chi connectivity index (χ2v) is 7.25. The van der Waals surface area contributed by atoms with Crippen LogP contribution in [0.1, 0.15) is 17.0 Å². The van der Waals surface area contributed by atoms with E-state index in [1.165, 1.54) is 5.56 Å². The Morgan fingerprint density at radius 2 is 2.08 bits per heavy atom. The number of pyridine rings is 2. The molecule has 4 heterocycles. The van der Waals surface area contributed by atoms with Crippen LogP contribution in [-0.2, 0) is 11.3 Å². The summed E-state index contributed by atoms with van der Waals surface area (Å²) in [7, 11) is 0. The number of aryl methyl sites for hydroxylation is 2. The molecule has 5 heteroatoms. The minimum absolute atomic E-state index is 0.339. The molecular weight excluding hydrogens is 314 g/mol. The van der Waals surface area contributed by atoms with Crippen LogP contribution in [0.5, 0.6) is 5.75 Å². The number of likely N-dealkylation sites (tertiary alicyclic amines) is 1. The molecule has 2 aliphatic heterocycles. The van der Waals surface area contributed by atoms with E-state index in [4.69, 9.17) is 9.47 Å². The van der Waals surface area contributed by atoms with Crippen molar-refractivity contribution in [3.05, 3.63) is 53.6 Å². The number of fused-ring (bicyclic) bond motifs is 1. The highest BCUT2D eigenvalue weighted by molar-refractivity contribution is 5.26. The molecule has 2 aliphatic rings. The van der Waals surface area contributed by atoms with E-state index in [2.05, 4.69) is 20.9 Å². The van der Waals surface area contributed by atoms with Crippen molar-refractivity contribution < 1.29 is 9.47 Å². The van der Waals surface area contributed by atoms with E-state index in [0.29, 0.717) is 24.5 Å². The van der Waals surface area contributed by atoms with Gasteiger partial charge in [0.1, 0.15) is 5.75 Å². The third-order valence-corrected chi connectivity index (χ3v) is 5.16. The lowest BCUT2D eigenvalue weighted by atomic mass is 9.94. The van der Waals surface area contributed by atoms with Crippen LogP contribution in [0.15, 0.2) is 36.7 Å². The largest absolute Gasteiger partial charge is 0.493 e. The molecule has 5 nitrogen and oxygen atoms in total. The molecule has 3 atom stereocenters. The molecule has 132 valence electrons. The summed E-state index contributed by atoms with van der Waals surface area (Å²) in [4.78, 5) is 11.1. The maximum atomic E-state index is 6.06. The van der Waals surface area contributed by atoms with Crippen molar-refractivity contribution in [1.29, 1.82) is 0 Å². The molecule has 0 saturated carbocycles. The van der Waals surface area contributed by atoms with Gasteiger partial charge in [-0.3, -0.25) is 14.9 Å². The lowest BCUT2D eigenvalue weighted by Gasteiger charge is -2.20. The Kier molecular flexibility index (Phi) is 4.68. The van der Waals surface area contributed by atoms with Gasteiger partial charge in [0.25, 0.3) is 0 Å². The maximum absolute atomic E-state index is 6.06. The van der Waals surface area contributed by atoms with Crippen molar-refractivity contribution in [2.24, 2.45) is 11.8 Å². The topological polar surface area (TPSA) is 47.5 Å². The molecule has 2 aromatic rings. The summed E-state index contributed by atoms with van der Waals surface area (Å²) in [5.74, 6) is 1.93. The lowest BCUT2D eigenvalue weighted by molar-refractivity contribution is 0.0897. The number of hydrogen-bond donors (Lipinski definition) is 0. The molecule has 0 unspecified atom stereocenters. The first-order valence-corrected chi connectivity index (χ1v) is 8.98. The molecular formula is C20H25N3O2. The fraction of sp³-hybridized carbons (Fsp3) is 0.500. The molecule has 0 bridgehead atoms. The van der Waals surface area contributed by atoms with Gasteiger partial charge in [0, 0.05) is 67.4 Å². The molecule has 0 aliphatic carbocycles. The Hall–Kier alpha value is -1.98. The van der Waals surface area contributed by atoms with Gasteiger partial charge in [-0.15, -0.1) is 0 Å². The minimum atomic E-state index is 0.339. The first-order valence-electron chi connectivity index (χ1n) is 8.98. The standard InChI is InChI=1S/C20H25N3O2/c1-14-6-18(7-15(2)22-14)24-12-17-13-25-20-11-23(10-19(17)20)9-16-4-3-5-21-8-16/h3-8,17,19-20H,9-13H2,1-2H3/t17-,19+,20+/m1/s1. The molecule has 2 aromatic heterocycles.